The van der Waals surface area contributed by atoms with Crippen LogP contribution in [0.4, 0.5) is 0 Å². The standard InChI is InChI=1S/C24H25NO4/c1-4-5-6-18-15-22(17-7-9-19(27-2)10-8-17)23(16-26)24(25-18)29-21-13-11-20(28-3)12-14-21/h7-16H,4-6H2,1-3H3. The molecule has 0 atom stereocenters. The number of rotatable bonds is 9. The zero-order valence-corrected chi connectivity index (χ0v) is 17.0. The average molecular weight is 391 g/mol. The highest BCUT2D eigenvalue weighted by Crippen LogP contribution is 2.33. The first-order valence-electron chi connectivity index (χ1n) is 9.64. The van der Waals surface area contributed by atoms with Crippen molar-refractivity contribution in [3.8, 4) is 34.3 Å². The maximum Gasteiger partial charge on any atom is 0.230 e. The second kappa shape index (κ2) is 9.73. The van der Waals surface area contributed by atoms with Gasteiger partial charge in [-0.1, -0.05) is 25.5 Å². The number of methoxy groups -OCH3 is 2. The van der Waals surface area contributed by atoms with Crippen molar-refractivity contribution in [2.75, 3.05) is 14.2 Å². The van der Waals surface area contributed by atoms with Crippen LogP contribution in [0, 0.1) is 0 Å². The molecule has 150 valence electrons. The van der Waals surface area contributed by atoms with Crippen LogP contribution in [0.15, 0.2) is 54.6 Å². The van der Waals surface area contributed by atoms with Gasteiger partial charge in [0.2, 0.25) is 5.88 Å². The van der Waals surface area contributed by atoms with E-state index in [1.807, 2.05) is 30.3 Å². The highest BCUT2D eigenvalue weighted by molar-refractivity contribution is 5.90. The second-order valence-corrected chi connectivity index (χ2v) is 6.61. The van der Waals surface area contributed by atoms with E-state index in [4.69, 9.17) is 14.2 Å². The van der Waals surface area contributed by atoms with Crippen LogP contribution in [0.3, 0.4) is 0 Å². The van der Waals surface area contributed by atoms with Gasteiger partial charge in [0.1, 0.15) is 17.2 Å². The molecule has 0 saturated heterocycles. The van der Waals surface area contributed by atoms with Gasteiger partial charge >= 0.3 is 0 Å². The van der Waals surface area contributed by atoms with Crippen molar-refractivity contribution in [3.05, 3.63) is 65.9 Å². The lowest BCUT2D eigenvalue weighted by atomic mass is 9.99. The second-order valence-electron chi connectivity index (χ2n) is 6.61. The smallest absolute Gasteiger partial charge is 0.230 e. The summed E-state index contributed by atoms with van der Waals surface area (Å²) in [7, 11) is 3.24. The molecule has 0 spiro atoms. The molecule has 0 aliphatic carbocycles. The van der Waals surface area contributed by atoms with Crippen LogP contribution in [-0.4, -0.2) is 25.5 Å². The van der Waals surface area contributed by atoms with E-state index >= 15 is 0 Å². The van der Waals surface area contributed by atoms with Crippen LogP contribution < -0.4 is 14.2 Å². The lowest BCUT2D eigenvalue weighted by Crippen LogP contribution is -2.02. The molecular formula is C24H25NO4. The van der Waals surface area contributed by atoms with Gasteiger partial charge in [-0.3, -0.25) is 4.79 Å². The molecule has 0 N–H and O–H groups in total. The topological polar surface area (TPSA) is 57.7 Å². The number of nitrogens with zero attached hydrogens (tertiary/aromatic N) is 1. The molecule has 1 aromatic heterocycles. The summed E-state index contributed by atoms with van der Waals surface area (Å²) in [6, 6.07) is 16.8. The monoisotopic (exact) mass is 391 g/mol. The molecule has 5 nitrogen and oxygen atoms in total. The quantitative estimate of drug-likeness (QED) is 0.437. The Kier molecular flexibility index (Phi) is 6.85. The minimum absolute atomic E-state index is 0.310. The minimum atomic E-state index is 0.310. The van der Waals surface area contributed by atoms with Gasteiger partial charge in [0.05, 0.1) is 19.8 Å². The number of aldehydes is 1. The fourth-order valence-electron chi connectivity index (χ4n) is 3.02. The normalized spacial score (nSPS) is 10.4. The number of benzene rings is 2. The Morgan fingerprint density at radius 2 is 1.48 bits per heavy atom. The average Bonchev–Trinajstić information content (AvgIpc) is 2.78. The van der Waals surface area contributed by atoms with E-state index in [1.54, 1.807) is 38.5 Å². The van der Waals surface area contributed by atoms with Crippen molar-refractivity contribution in [2.45, 2.75) is 26.2 Å². The summed E-state index contributed by atoms with van der Waals surface area (Å²) < 4.78 is 16.4. The third-order valence-electron chi connectivity index (χ3n) is 4.66. The van der Waals surface area contributed by atoms with E-state index in [-0.39, 0.29) is 0 Å². The lowest BCUT2D eigenvalue weighted by Gasteiger charge is -2.14. The minimum Gasteiger partial charge on any atom is -0.497 e. The molecule has 29 heavy (non-hydrogen) atoms. The maximum atomic E-state index is 12.0. The summed E-state index contributed by atoms with van der Waals surface area (Å²) in [6.45, 7) is 2.14. The van der Waals surface area contributed by atoms with E-state index in [2.05, 4.69) is 11.9 Å². The third kappa shape index (κ3) is 4.93. The number of pyridine rings is 1. The van der Waals surface area contributed by atoms with Gasteiger partial charge in [-0.05, 0) is 66.4 Å². The largest absolute Gasteiger partial charge is 0.497 e. The number of hydrogen-bond acceptors (Lipinski definition) is 5. The summed E-state index contributed by atoms with van der Waals surface area (Å²) in [4.78, 5) is 16.6. The SMILES string of the molecule is CCCCc1cc(-c2ccc(OC)cc2)c(C=O)c(Oc2ccc(OC)cc2)n1. The molecule has 2 aromatic carbocycles. The van der Waals surface area contributed by atoms with Crippen molar-refractivity contribution in [1.29, 1.82) is 0 Å². The van der Waals surface area contributed by atoms with Crippen molar-refractivity contribution in [2.24, 2.45) is 0 Å². The highest BCUT2D eigenvalue weighted by Gasteiger charge is 2.16. The Labute approximate surface area is 171 Å². The van der Waals surface area contributed by atoms with Crippen LogP contribution in [-0.2, 0) is 6.42 Å². The molecular weight excluding hydrogens is 366 g/mol. The molecule has 0 amide bonds. The number of unbranched alkanes of at least 4 members (excludes halogenated alkanes) is 1. The summed E-state index contributed by atoms with van der Waals surface area (Å²) in [5, 5.41) is 0. The predicted molar refractivity (Wildman–Crippen MR) is 113 cm³/mol. The summed E-state index contributed by atoms with van der Waals surface area (Å²) in [5.74, 6) is 2.40. The molecule has 0 saturated carbocycles. The number of carbonyl (C=O) groups is 1. The first-order valence-corrected chi connectivity index (χ1v) is 9.64. The molecule has 1 heterocycles. The van der Waals surface area contributed by atoms with Crippen LogP contribution in [0.1, 0.15) is 35.8 Å². The summed E-state index contributed by atoms with van der Waals surface area (Å²) in [6.07, 6.45) is 3.69. The molecule has 0 unspecified atom stereocenters. The molecule has 3 aromatic rings. The Hall–Kier alpha value is -3.34. The predicted octanol–water partition coefficient (Wildman–Crippen LogP) is 5.71. The van der Waals surface area contributed by atoms with Crippen LogP contribution in [0.25, 0.3) is 11.1 Å². The Morgan fingerprint density at radius 3 is 2.03 bits per heavy atom. The first-order chi connectivity index (χ1) is 14.2. The molecule has 3 rings (SSSR count). The Morgan fingerprint density at radius 1 is 0.897 bits per heavy atom. The third-order valence-corrected chi connectivity index (χ3v) is 4.66. The molecule has 5 heteroatoms. The maximum absolute atomic E-state index is 12.0. The van der Waals surface area contributed by atoms with E-state index in [0.717, 1.165) is 53.9 Å². The molecule has 0 fully saturated rings. The zero-order chi connectivity index (χ0) is 20.6. The number of aromatic nitrogens is 1. The van der Waals surface area contributed by atoms with E-state index < -0.39 is 0 Å². The van der Waals surface area contributed by atoms with Crippen molar-refractivity contribution >= 4 is 6.29 Å². The van der Waals surface area contributed by atoms with Crippen LogP contribution in [0.5, 0.6) is 23.1 Å². The van der Waals surface area contributed by atoms with E-state index in [0.29, 0.717) is 17.2 Å². The fraction of sp³-hybridized carbons (Fsp3) is 0.250. The number of ether oxygens (including phenoxy) is 3. The van der Waals surface area contributed by atoms with Crippen molar-refractivity contribution < 1.29 is 19.0 Å². The van der Waals surface area contributed by atoms with Gasteiger partial charge in [0.25, 0.3) is 0 Å². The van der Waals surface area contributed by atoms with Crippen molar-refractivity contribution in [3.63, 3.8) is 0 Å². The van der Waals surface area contributed by atoms with Crippen LogP contribution in [0.2, 0.25) is 0 Å². The number of carbonyl (C=O) groups excluding carboxylic acids is 1. The van der Waals surface area contributed by atoms with Gasteiger partial charge in [-0.15, -0.1) is 0 Å². The zero-order valence-electron chi connectivity index (χ0n) is 17.0. The summed E-state index contributed by atoms with van der Waals surface area (Å²) >= 11 is 0. The van der Waals surface area contributed by atoms with Gasteiger partial charge in [0.15, 0.2) is 6.29 Å². The first kappa shape index (κ1) is 20.4. The van der Waals surface area contributed by atoms with E-state index in [1.165, 1.54) is 0 Å². The van der Waals surface area contributed by atoms with Gasteiger partial charge in [-0.2, -0.15) is 0 Å². The lowest BCUT2D eigenvalue weighted by molar-refractivity contribution is 0.112. The fourth-order valence-corrected chi connectivity index (χ4v) is 3.02. The number of aryl methyl sites for hydroxylation is 1. The number of hydrogen-bond donors (Lipinski definition) is 0. The van der Waals surface area contributed by atoms with E-state index in [9.17, 15) is 4.79 Å². The Bertz CT molecular complexity index is 950. The molecule has 0 aliphatic heterocycles. The molecule has 0 bridgehead atoms. The van der Waals surface area contributed by atoms with Gasteiger partial charge < -0.3 is 14.2 Å². The highest BCUT2D eigenvalue weighted by atomic mass is 16.5. The molecule has 0 radical (unpaired) electrons. The molecule has 0 aliphatic rings. The van der Waals surface area contributed by atoms with Crippen LogP contribution >= 0.6 is 0 Å². The van der Waals surface area contributed by atoms with Crippen molar-refractivity contribution in [1.82, 2.24) is 4.98 Å². The summed E-state index contributed by atoms with van der Waals surface area (Å²) in [5.41, 5.74) is 3.03. The van der Waals surface area contributed by atoms with Gasteiger partial charge in [-0.25, -0.2) is 4.98 Å². The van der Waals surface area contributed by atoms with Gasteiger partial charge in [0, 0.05) is 5.69 Å². The Balaban J connectivity index is 2.05.